The fourth-order valence-electron chi connectivity index (χ4n) is 1.86. The van der Waals surface area contributed by atoms with Crippen LogP contribution in [-0.4, -0.2) is 16.7 Å². The molecule has 2 aromatic rings. The molecule has 1 aromatic carbocycles. The lowest BCUT2D eigenvalue weighted by Gasteiger charge is -2.14. The molecule has 0 bridgehead atoms. The van der Waals surface area contributed by atoms with E-state index in [2.05, 4.69) is 10.6 Å². The second-order valence-electron chi connectivity index (χ2n) is 4.82. The molecule has 1 heterocycles. The van der Waals surface area contributed by atoms with Crippen molar-refractivity contribution in [2.24, 2.45) is 0 Å². The number of carbonyl (C=O) groups is 2. The van der Waals surface area contributed by atoms with Crippen LogP contribution in [0, 0.1) is 10.1 Å². The van der Waals surface area contributed by atoms with Gasteiger partial charge in [-0.25, -0.2) is 0 Å². The zero-order valence-corrected chi connectivity index (χ0v) is 13.3. The minimum atomic E-state index is -4.64. The summed E-state index contributed by atoms with van der Waals surface area (Å²) in [5, 5.41) is 16.1. The van der Waals surface area contributed by atoms with Gasteiger partial charge in [0.1, 0.15) is 0 Å². The molecule has 2 rings (SSSR count). The van der Waals surface area contributed by atoms with E-state index in [0.29, 0.717) is 17.4 Å². The monoisotopic (exact) mass is 373 g/mol. The maximum Gasteiger partial charge on any atom is 0.416 e. The second kappa shape index (κ2) is 6.89. The number of nitrogens with one attached hydrogen (secondary N) is 2. The second-order valence-corrected chi connectivity index (χ2v) is 5.71. The molecule has 132 valence electrons. The van der Waals surface area contributed by atoms with Gasteiger partial charge in [-0.15, -0.1) is 0 Å². The summed E-state index contributed by atoms with van der Waals surface area (Å²) in [4.78, 5) is 33.2. The lowest BCUT2D eigenvalue weighted by molar-refractivity contribution is -0.380. The van der Waals surface area contributed by atoms with Crippen molar-refractivity contribution < 1.29 is 27.7 Å². The Morgan fingerprint density at radius 2 is 1.84 bits per heavy atom. The van der Waals surface area contributed by atoms with Crippen LogP contribution in [0.3, 0.4) is 0 Å². The van der Waals surface area contributed by atoms with Crippen LogP contribution in [0.15, 0.2) is 29.6 Å². The zero-order chi connectivity index (χ0) is 18.8. The van der Waals surface area contributed by atoms with Crippen molar-refractivity contribution in [2.75, 3.05) is 10.6 Å². The lowest BCUT2D eigenvalue weighted by Crippen LogP contribution is -2.16. The number of amides is 2. The van der Waals surface area contributed by atoms with Crippen LogP contribution in [0.25, 0.3) is 0 Å². The molecular weight excluding hydrogens is 363 g/mol. The number of anilines is 2. The Bertz CT molecular complexity index is 848. The zero-order valence-electron chi connectivity index (χ0n) is 12.5. The number of hydrogen-bond acceptors (Lipinski definition) is 5. The van der Waals surface area contributed by atoms with E-state index in [1.807, 2.05) is 0 Å². The Morgan fingerprint density at radius 3 is 2.36 bits per heavy atom. The highest BCUT2D eigenvalue weighted by atomic mass is 32.1. The molecule has 0 aliphatic rings. The number of alkyl halides is 3. The topological polar surface area (TPSA) is 101 Å². The quantitative estimate of drug-likeness (QED) is 0.627. The molecule has 0 fully saturated rings. The minimum absolute atomic E-state index is 0.0291. The number of thiophene rings is 1. The Balaban J connectivity index is 2.35. The number of nitro groups is 1. The van der Waals surface area contributed by atoms with Gasteiger partial charge in [-0.05, 0) is 18.2 Å². The maximum atomic E-state index is 12.8. The van der Waals surface area contributed by atoms with Crippen molar-refractivity contribution in [1.29, 1.82) is 0 Å². The first-order valence-electron chi connectivity index (χ1n) is 6.61. The van der Waals surface area contributed by atoms with Crippen molar-refractivity contribution >= 4 is 39.5 Å². The third-order valence-electron chi connectivity index (χ3n) is 2.93. The van der Waals surface area contributed by atoms with Crippen LogP contribution in [0.1, 0.15) is 22.8 Å². The number of hydrogen-bond donors (Lipinski definition) is 2. The molecule has 0 unspecified atom stereocenters. The Kier molecular flexibility index (Phi) is 5.07. The molecule has 0 aliphatic heterocycles. The Hall–Kier alpha value is -2.95. The first-order valence-corrected chi connectivity index (χ1v) is 7.49. The largest absolute Gasteiger partial charge is 0.416 e. The van der Waals surface area contributed by atoms with Crippen LogP contribution in [-0.2, 0) is 11.0 Å². The standard InChI is InChI=1S/C14H10F3N3O4S/c1-7(21)18-10-3-2-9(14(15,16)17)5-11(10)19-13(22)8-4-12(20(23)24)25-6-8/h2-6H,1H3,(H,18,21)(H,19,22). The van der Waals surface area contributed by atoms with E-state index in [4.69, 9.17) is 0 Å². The number of nitrogens with zero attached hydrogens (tertiary/aromatic N) is 1. The molecule has 11 heteroatoms. The molecular formula is C14H10F3N3O4S. The van der Waals surface area contributed by atoms with Crippen LogP contribution in [0.4, 0.5) is 29.5 Å². The molecule has 0 saturated heterocycles. The van der Waals surface area contributed by atoms with Crippen LogP contribution in [0.5, 0.6) is 0 Å². The summed E-state index contributed by atoms with van der Waals surface area (Å²) >= 11 is 0.709. The summed E-state index contributed by atoms with van der Waals surface area (Å²) in [6, 6.07) is 3.45. The fourth-order valence-corrected chi connectivity index (χ4v) is 2.56. The van der Waals surface area contributed by atoms with Gasteiger partial charge in [0.2, 0.25) is 5.91 Å². The average molecular weight is 373 g/mol. The molecule has 2 amide bonds. The van der Waals surface area contributed by atoms with E-state index >= 15 is 0 Å². The van der Waals surface area contributed by atoms with Crippen molar-refractivity contribution in [2.45, 2.75) is 13.1 Å². The summed E-state index contributed by atoms with van der Waals surface area (Å²) in [5.41, 5.74) is -1.40. The highest BCUT2D eigenvalue weighted by Gasteiger charge is 2.31. The first-order chi connectivity index (χ1) is 11.6. The first kappa shape index (κ1) is 18.4. The average Bonchev–Trinajstić information content (AvgIpc) is 2.97. The number of carbonyl (C=O) groups excluding carboxylic acids is 2. The molecule has 0 radical (unpaired) electrons. The lowest BCUT2D eigenvalue weighted by atomic mass is 10.1. The van der Waals surface area contributed by atoms with E-state index in [1.54, 1.807) is 0 Å². The molecule has 0 spiro atoms. The van der Waals surface area contributed by atoms with Gasteiger partial charge in [-0.1, -0.05) is 11.3 Å². The number of halogens is 3. The minimum Gasteiger partial charge on any atom is -0.325 e. The van der Waals surface area contributed by atoms with Gasteiger partial charge < -0.3 is 10.6 Å². The van der Waals surface area contributed by atoms with E-state index in [-0.39, 0.29) is 21.9 Å². The Morgan fingerprint density at radius 1 is 1.16 bits per heavy atom. The summed E-state index contributed by atoms with van der Waals surface area (Å²) in [6.07, 6.45) is -4.64. The molecule has 0 atom stereocenters. The molecule has 7 nitrogen and oxygen atoms in total. The smallest absolute Gasteiger partial charge is 0.325 e. The Labute approximate surface area is 142 Å². The molecule has 0 saturated carbocycles. The van der Waals surface area contributed by atoms with Crippen LogP contribution >= 0.6 is 11.3 Å². The van der Waals surface area contributed by atoms with E-state index in [1.165, 1.54) is 5.38 Å². The van der Waals surface area contributed by atoms with Crippen molar-refractivity contribution in [3.8, 4) is 0 Å². The van der Waals surface area contributed by atoms with Crippen molar-refractivity contribution in [3.63, 3.8) is 0 Å². The van der Waals surface area contributed by atoms with Gasteiger partial charge in [-0.2, -0.15) is 13.2 Å². The van der Waals surface area contributed by atoms with Gasteiger partial charge in [0.15, 0.2) is 0 Å². The third-order valence-corrected chi connectivity index (χ3v) is 3.81. The van der Waals surface area contributed by atoms with E-state index in [0.717, 1.165) is 25.1 Å². The molecule has 1 aromatic heterocycles. The summed E-state index contributed by atoms with van der Waals surface area (Å²) in [6.45, 7) is 1.16. The predicted octanol–water partition coefficient (Wildman–Crippen LogP) is 3.89. The summed E-state index contributed by atoms with van der Waals surface area (Å²) in [7, 11) is 0. The van der Waals surface area contributed by atoms with Gasteiger partial charge >= 0.3 is 11.2 Å². The summed E-state index contributed by atoms with van der Waals surface area (Å²) in [5.74, 6) is -1.38. The molecule has 25 heavy (non-hydrogen) atoms. The number of benzene rings is 1. The van der Waals surface area contributed by atoms with Crippen LogP contribution in [0.2, 0.25) is 0 Å². The summed E-state index contributed by atoms with van der Waals surface area (Å²) < 4.78 is 38.5. The van der Waals surface area contributed by atoms with E-state index in [9.17, 15) is 32.9 Å². The molecule has 0 aliphatic carbocycles. The third kappa shape index (κ3) is 4.53. The highest BCUT2D eigenvalue weighted by molar-refractivity contribution is 7.13. The SMILES string of the molecule is CC(=O)Nc1ccc(C(F)(F)F)cc1NC(=O)c1csc([N+](=O)[O-])c1. The normalized spacial score (nSPS) is 11.0. The van der Waals surface area contributed by atoms with E-state index < -0.39 is 28.5 Å². The van der Waals surface area contributed by atoms with Gasteiger partial charge in [0.25, 0.3) is 5.91 Å². The van der Waals surface area contributed by atoms with Crippen molar-refractivity contribution in [3.05, 3.63) is 50.9 Å². The van der Waals surface area contributed by atoms with Crippen LogP contribution < -0.4 is 10.6 Å². The fraction of sp³-hybridized carbons (Fsp3) is 0.143. The predicted molar refractivity (Wildman–Crippen MR) is 84.7 cm³/mol. The highest BCUT2D eigenvalue weighted by Crippen LogP contribution is 2.34. The van der Waals surface area contributed by atoms with Gasteiger partial charge in [0, 0.05) is 18.4 Å². The van der Waals surface area contributed by atoms with Gasteiger partial charge in [-0.3, -0.25) is 19.7 Å². The molecule has 2 N–H and O–H groups in total. The maximum absolute atomic E-state index is 12.8. The van der Waals surface area contributed by atoms with Crippen molar-refractivity contribution in [1.82, 2.24) is 0 Å². The van der Waals surface area contributed by atoms with Gasteiger partial charge in [0.05, 0.1) is 27.4 Å². The number of rotatable bonds is 4.